The summed E-state index contributed by atoms with van der Waals surface area (Å²) < 4.78 is 51.4. The molecule has 0 aromatic heterocycles. The zero-order valence-corrected chi connectivity index (χ0v) is 13.2. The third kappa shape index (κ3) is 5.61. The average Bonchev–Trinajstić information content (AvgIpc) is 2.53. The van der Waals surface area contributed by atoms with Crippen LogP contribution in [0.5, 0.6) is 0 Å². The highest BCUT2D eigenvalue weighted by Gasteiger charge is 2.35. The van der Waals surface area contributed by atoms with Crippen LogP contribution in [0.15, 0.2) is 24.3 Å². The molecule has 2 rings (SSSR count). The fraction of sp³-hybridized carbons (Fsp3) is 0.500. The van der Waals surface area contributed by atoms with Crippen molar-refractivity contribution in [1.29, 1.82) is 0 Å². The van der Waals surface area contributed by atoms with Gasteiger partial charge in [-0.25, -0.2) is 9.18 Å². The van der Waals surface area contributed by atoms with Crippen LogP contribution in [-0.4, -0.2) is 41.3 Å². The second kappa shape index (κ2) is 7.71. The predicted octanol–water partition coefficient (Wildman–Crippen LogP) is 3.33. The van der Waals surface area contributed by atoms with E-state index in [0.29, 0.717) is 12.8 Å². The largest absolute Gasteiger partial charge is 0.481 e. The highest BCUT2D eigenvalue weighted by molar-refractivity contribution is 5.77. The molecule has 1 aliphatic heterocycles. The van der Waals surface area contributed by atoms with Crippen molar-refractivity contribution in [2.75, 3.05) is 13.1 Å². The van der Waals surface area contributed by atoms with Gasteiger partial charge in [0.15, 0.2) is 0 Å². The predicted molar refractivity (Wildman–Crippen MR) is 80.3 cm³/mol. The van der Waals surface area contributed by atoms with Gasteiger partial charge in [-0.05, 0) is 30.5 Å². The van der Waals surface area contributed by atoms with Gasteiger partial charge in [0.1, 0.15) is 5.82 Å². The summed E-state index contributed by atoms with van der Waals surface area (Å²) in [5.41, 5.74) is 0.124. The van der Waals surface area contributed by atoms with E-state index in [9.17, 15) is 27.2 Å². The summed E-state index contributed by atoms with van der Waals surface area (Å²) in [4.78, 5) is 24.5. The number of carboxylic acid groups (broad SMARTS) is 1. The Morgan fingerprint density at radius 1 is 1.28 bits per heavy atom. The van der Waals surface area contributed by atoms with E-state index in [1.807, 2.05) is 0 Å². The third-order valence-electron chi connectivity index (χ3n) is 4.06. The quantitative estimate of drug-likeness (QED) is 0.808. The van der Waals surface area contributed by atoms with Gasteiger partial charge in [0.05, 0.1) is 18.4 Å². The molecule has 25 heavy (non-hydrogen) atoms. The molecule has 0 spiro atoms. The molecule has 0 saturated carbocycles. The van der Waals surface area contributed by atoms with Crippen LogP contribution in [-0.2, 0) is 4.79 Å². The van der Waals surface area contributed by atoms with Gasteiger partial charge in [-0.1, -0.05) is 12.1 Å². The zero-order valence-electron chi connectivity index (χ0n) is 13.2. The Balaban J connectivity index is 2.11. The SMILES string of the molecule is O=C(O)C1CCCN(C(=O)NC(CC(F)(F)F)c2ccc(F)cc2)C1. The molecule has 0 bridgehead atoms. The van der Waals surface area contributed by atoms with E-state index in [1.54, 1.807) is 0 Å². The molecule has 1 aromatic carbocycles. The number of urea groups is 1. The fourth-order valence-corrected chi connectivity index (χ4v) is 2.78. The number of carbonyl (C=O) groups is 2. The molecule has 0 aliphatic carbocycles. The van der Waals surface area contributed by atoms with Crippen molar-refractivity contribution in [2.45, 2.75) is 31.5 Å². The van der Waals surface area contributed by atoms with E-state index in [4.69, 9.17) is 5.11 Å². The standard InChI is InChI=1S/C16H18F4N2O3/c17-12-5-3-10(4-6-12)13(8-16(18,19)20)21-15(25)22-7-1-2-11(9-22)14(23)24/h3-6,11,13H,1-2,7-9H2,(H,21,25)(H,23,24). The average molecular weight is 362 g/mol. The van der Waals surface area contributed by atoms with Gasteiger partial charge in [-0.2, -0.15) is 13.2 Å². The molecule has 2 atom stereocenters. The Labute approximate surface area is 141 Å². The minimum absolute atomic E-state index is 0.0523. The lowest BCUT2D eigenvalue weighted by molar-refractivity contribution is -0.143. The second-order valence-electron chi connectivity index (χ2n) is 6.00. The van der Waals surface area contributed by atoms with Crippen LogP contribution >= 0.6 is 0 Å². The van der Waals surface area contributed by atoms with Crippen molar-refractivity contribution >= 4 is 12.0 Å². The summed E-state index contributed by atoms with van der Waals surface area (Å²) in [5, 5.41) is 11.3. The molecular weight excluding hydrogens is 344 g/mol. The lowest BCUT2D eigenvalue weighted by atomic mass is 9.98. The number of piperidine rings is 1. The number of carbonyl (C=O) groups excluding carboxylic acids is 1. The van der Waals surface area contributed by atoms with E-state index < -0.39 is 42.4 Å². The Kier molecular flexibility index (Phi) is 5.86. The Hall–Kier alpha value is -2.32. The van der Waals surface area contributed by atoms with Gasteiger partial charge < -0.3 is 15.3 Å². The van der Waals surface area contributed by atoms with Crippen molar-refractivity contribution in [3.8, 4) is 0 Å². The number of amides is 2. The highest BCUT2D eigenvalue weighted by atomic mass is 19.4. The summed E-state index contributed by atoms with van der Waals surface area (Å²) in [5.74, 6) is -2.37. The number of hydrogen-bond acceptors (Lipinski definition) is 2. The van der Waals surface area contributed by atoms with Crippen molar-refractivity contribution in [3.05, 3.63) is 35.6 Å². The molecule has 138 valence electrons. The molecule has 9 heteroatoms. The number of aliphatic carboxylic acids is 1. The molecule has 1 heterocycles. The molecule has 0 radical (unpaired) electrons. The van der Waals surface area contributed by atoms with Gasteiger partial charge in [0, 0.05) is 13.1 Å². The molecule has 5 nitrogen and oxygen atoms in total. The maximum Gasteiger partial charge on any atom is 0.391 e. The monoisotopic (exact) mass is 362 g/mol. The molecule has 1 aromatic rings. The van der Waals surface area contributed by atoms with Gasteiger partial charge in [0.25, 0.3) is 0 Å². The van der Waals surface area contributed by atoms with E-state index in [1.165, 1.54) is 17.0 Å². The van der Waals surface area contributed by atoms with Crippen molar-refractivity contribution in [2.24, 2.45) is 5.92 Å². The maximum atomic E-state index is 13.0. The number of nitrogens with one attached hydrogen (secondary N) is 1. The Morgan fingerprint density at radius 3 is 2.48 bits per heavy atom. The van der Waals surface area contributed by atoms with E-state index in [2.05, 4.69) is 5.32 Å². The zero-order chi connectivity index (χ0) is 18.6. The van der Waals surface area contributed by atoms with Crippen LogP contribution in [0.4, 0.5) is 22.4 Å². The van der Waals surface area contributed by atoms with Gasteiger partial charge in [0.2, 0.25) is 0 Å². The van der Waals surface area contributed by atoms with E-state index in [0.717, 1.165) is 12.1 Å². The Morgan fingerprint density at radius 2 is 1.92 bits per heavy atom. The normalized spacial score (nSPS) is 19.4. The number of rotatable bonds is 4. The first-order chi connectivity index (χ1) is 11.7. The number of nitrogens with zero attached hydrogens (tertiary/aromatic N) is 1. The van der Waals surface area contributed by atoms with Gasteiger partial charge in [-0.3, -0.25) is 4.79 Å². The second-order valence-corrected chi connectivity index (χ2v) is 6.00. The fourth-order valence-electron chi connectivity index (χ4n) is 2.78. The van der Waals surface area contributed by atoms with Gasteiger partial charge >= 0.3 is 18.2 Å². The molecule has 2 amide bonds. The lowest BCUT2D eigenvalue weighted by Gasteiger charge is -2.32. The minimum atomic E-state index is -4.53. The number of carboxylic acids is 1. The van der Waals surface area contributed by atoms with Crippen LogP contribution in [0.2, 0.25) is 0 Å². The van der Waals surface area contributed by atoms with E-state index >= 15 is 0 Å². The molecule has 2 unspecified atom stereocenters. The summed E-state index contributed by atoms with van der Waals surface area (Å²) in [6.45, 7) is 0.223. The number of likely N-dealkylation sites (tertiary alicyclic amines) is 1. The number of hydrogen-bond donors (Lipinski definition) is 2. The van der Waals surface area contributed by atoms with Crippen molar-refractivity contribution < 1.29 is 32.3 Å². The van der Waals surface area contributed by atoms with Crippen LogP contribution in [0.1, 0.15) is 30.9 Å². The summed E-state index contributed by atoms with van der Waals surface area (Å²) in [6, 6.07) is 2.27. The van der Waals surface area contributed by atoms with Crippen LogP contribution in [0.3, 0.4) is 0 Å². The third-order valence-corrected chi connectivity index (χ3v) is 4.06. The molecule has 1 aliphatic rings. The number of benzene rings is 1. The maximum absolute atomic E-state index is 13.0. The van der Waals surface area contributed by atoms with Crippen molar-refractivity contribution in [1.82, 2.24) is 10.2 Å². The van der Waals surface area contributed by atoms with Crippen LogP contribution < -0.4 is 5.32 Å². The molecule has 2 N–H and O–H groups in total. The molecular formula is C16H18F4N2O3. The summed E-state index contributed by atoms with van der Waals surface area (Å²) in [6.07, 6.45) is -4.95. The van der Waals surface area contributed by atoms with Crippen LogP contribution in [0, 0.1) is 11.7 Å². The number of alkyl halides is 3. The molecule has 1 fully saturated rings. The van der Waals surface area contributed by atoms with Crippen LogP contribution in [0.25, 0.3) is 0 Å². The first-order valence-corrected chi connectivity index (χ1v) is 7.76. The first-order valence-electron chi connectivity index (χ1n) is 7.76. The first kappa shape index (κ1) is 19.0. The van der Waals surface area contributed by atoms with Crippen molar-refractivity contribution in [3.63, 3.8) is 0 Å². The number of halogens is 4. The minimum Gasteiger partial charge on any atom is -0.481 e. The topological polar surface area (TPSA) is 69.6 Å². The van der Waals surface area contributed by atoms with E-state index in [-0.39, 0.29) is 18.7 Å². The smallest absolute Gasteiger partial charge is 0.391 e. The summed E-state index contributed by atoms with van der Waals surface area (Å²) in [7, 11) is 0. The highest BCUT2D eigenvalue weighted by Crippen LogP contribution is 2.30. The summed E-state index contributed by atoms with van der Waals surface area (Å²) >= 11 is 0. The molecule has 1 saturated heterocycles. The lowest BCUT2D eigenvalue weighted by Crippen LogP contribution is -2.48. The Bertz CT molecular complexity index is 619. The van der Waals surface area contributed by atoms with Gasteiger partial charge in [-0.15, -0.1) is 0 Å².